The van der Waals surface area contributed by atoms with Gasteiger partial charge in [-0.25, -0.2) is 4.98 Å². The van der Waals surface area contributed by atoms with Gasteiger partial charge in [-0.15, -0.1) is 0 Å². The van der Waals surface area contributed by atoms with Gasteiger partial charge in [0.15, 0.2) is 0 Å². The van der Waals surface area contributed by atoms with Crippen LogP contribution in [0.2, 0.25) is 0 Å². The summed E-state index contributed by atoms with van der Waals surface area (Å²) >= 11 is 0. The third-order valence-corrected chi connectivity index (χ3v) is 6.50. The van der Waals surface area contributed by atoms with E-state index in [9.17, 15) is 14.7 Å². The Kier molecular flexibility index (Phi) is 17.4. The van der Waals surface area contributed by atoms with Crippen molar-refractivity contribution in [3.8, 4) is 0 Å². The molecule has 1 aromatic heterocycles. The summed E-state index contributed by atoms with van der Waals surface area (Å²) in [7, 11) is 1.89. The van der Waals surface area contributed by atoms with Crippen molar-refractivity contribution in [2.45, 2.75) is 104 Å². The minimum atomic E-state index is -0.843. The lowest BCUT2D eigenvalue weighted by atomic mass is 9.87. The number of aromatic nitrogens is 2. The Morgan fingerprint density at radius 1 is 1.00 bits per heavy atom. The molecule has 0 aliphatic carbocycles. The fourth-order valence-corrected chi connectivity index (χ4v) is 4.23. The van der Waals surface area contributed by atoms with Gasteiger partial charge in [-0.2, -0.15) is 0 Å². The van der Waals surface area contributed by atoms with Crippen molar-refractivity contribution < 1.29 is 19.4 Å². The number of aryl methyl sites for hydroxylation is 1. The second-order valence-electron chi connectivity index (χ2n) is 9.48. The van der Waals surface area contributed by atoms with E-state index in [0.717, 1.165) is 37.8 Å². The number of carboxylic acids is 1. The zero-order valence-electron chi connectivity index (χ0n) is 22.3. The first-order valence-corrected chi connectivity index (χ1v) is 13.6. The van der Waals surface area contributed by atoms with E-state index >= 15 is 0 Å². The maximum atomic E-state index is 12.2. The Balaban J connectivity index is 2.16. The largest absolute Gasteiger partial charge is 0.481 e. The summed E-state index contributed by atoms with van der Waals surface area (Å²) in [4.78, 5) is 28.0. The highest BCUT2D eigenvalue weighted by atomic mass is 16.5. The molecule has 0 aliphatic rings. The van der Waals surface area contributed by atoms with Crippen LogP contribution in [-0.2, 0) is 27.8 Å². The van der Waals surface area contributed by atoms with Crippen molar-refractivity contribution in [2.75, 3.05) is 6.61 Å². The number of nitrogens with zero attached hydrogens (tertiary/aromatic N) is 2. The smallest absolute Gasteiger partial charge is 0.306 e. The standard InChI is InChI=1S/C29H48N2O4/c1-4-6-7-8-9-10-11-12-13-14-15-16-17-18-19-20-28(32)35-23-25(27(5-2)29(33)34)21-26-22-30-24-31(26)3/h9-10,12-13,22,24-25,27H,4-8,11,14-21,23H2,1-3H3,(H,33,34)/b10-9-,13-12-/t25-,27-/m0/s1. The molecule has 0 aliphatic heterocycles. The van der Waals surface area contributed by atoms with Gasteiger partial charge in [-0.3, -0.25) is 9.59 Å². The van der Waals surface area contributed by atoms with Crippen LogP contribution in [-0.4, -0.2) is 33.2 Å². The summed E-state index contributed by atoms with van der Waals surface area (Å²) in [5.74, 6) is -1.88. The van der Waals surface area contributed by atoms with Crippen LogP contribution < -0.4 is 0 Å². The third kappa shape index (κ3) is 14.6. The molecule has 1 heterocycles. The molecular formula is C29H48N2O4. The number of hydrogen-bond acceptors (Lipinski definition) is 4. The van der Waals surface area contributed by atoms with Crippen LogP contribution in [0.1, 0.15) is 103 Å². The molecule has 2 atom stereocenters. The molecule has 1 aromatic rings. The Bertz CT molecular complexity index is 754. The summed E-state index contributed by atoms with van der Waals surface area (Å²) in [5, 5.41) is 9.59. The van der Waals surface area contributed by atoms with E-state index in [1.54, 1.807) is 12.5 Å². The van der Waals surface area contributed by atoms with Crippen molar-refractivity contribution in [1.82, 2.24) is 9.55 Å². The predicted octanol–water partition coefficient (Wildman–Crippen LogP) is 7.05. The fourth-order valence-electron chi connectivity index (χ4n) is 4.23. The van der Waals surface area contributed by atoms with Crippen molar-refractivity contribution in [2.24, 2.45) is 18.9 Å². The van der Waals surface area contributed by atoms with Crippen molar-refractivity contribution in [1.29, 1.82) is 0 Å². The topological polar surface area (TPSA) is 81.4 Å². The quantitative estimate of drug-likeness (QED) is 0.114. The summed E-state index contributed by atoms with van der Waals surface area (Å²) < 4.78 is 7.38. The summed E-state index contributed by atoms with van der Waals surface area (Å²) in [6.07, 6.45) is 26.5. The van der Waals surface area contributed by atoms with Crippen LogP contribution in [0.25, 0.3) is 0 Å². The predicted molar refractivity (Wildman–Crippen MR) is 142 cm³/mol. The van der Waals surface area contributed by atoms with E-state index in [0.29, 0.717) is 19.3 Å². The number of imidazole rings is 1. The zero-order chi connectivity index (χ0) is 25.7. The lowest BCUT2D eigenvalue weighted by molar-refractivity contribution is -0.151. The van der Waals surface area contributed by atoms with Crippen molar-refractivity contribution in [3.05, 3.63) is 42.5 Å². The van der Waals surface area contributed by atoms with Crippen molar-refractivity contribution in [3.63, 3.8) is 0 Å². The second kappa shape index (κ2) is 19.9. The monoisotopic (exact) mass is 488 g/mol. The highest BCUT2D eigenvalue weighted by molar-refractivity contribution is 5.71. The van der Waals surface area contributed by atoms with Crippen molar-refractivity contribution >= 4 is 11.9 Å². The van der Waals surface area contributed by atoms with Gasteiger partial charge in [0.05, 0.1) is 18.9 Å². The molecule has 0 unspecified atom stereocenters. The average Bonchev–Trinajstić information content (AvgIpc) is 3.24. The van der Waals surface area contributed by atoms with Gasteiger partial charge in [0.1, 0.15) is 0 Å². The van der Waals surface area contributed by atoms with Gasteiger partial charge in [0.25, 0.3) is 0 Å². The maximum absolute atomic E-state index is 12.2. The Hall–Kier alpha value is -2.37. The summed E-state index contributed by atoms with van der Waals surface area (Å²) in [5.41, 5.74) is 0.944. The Morgan fingerprint density at radius 2 is 1.66 bits per heavy atom. The van der Waals surface area contributed by atoms with Crippen LogP contribution in [0.3, 0.4) is 0 Å². The van der Waals surface area contributed by atoms with E-state index in [1.807, 2.05) is 18.5 Å². The molecule has 6 nitrogen and oxygen atoms in total. The molecule has 0 saturated heterocycles. The molecule has 6 heteroatoms. The van der Waals surface area contributed by atoms with Gasteiger partial charge < -0.3 is 14.4 Å². The molecule has 0 bridgehead atoms. The fraction of sp³-hybridized carbons (Fsp3) is 0.690. The molecule has 0 aromatic carbocycles. The lowest BCUT2D eigenvalue weighted by Gasteiger charge is -2.23. The van der Waals surface area contributed by atoms with Crippen LogP contribution in [0.4, 0.5) is 0 Å². The Labute approximate surface area is 212 Å². The average molecular weight is 489 g/mol. The lowest BCUT2D eigenvalue weighted by Crippen LogP contribution is -2.30. The van der Waals surface area contributed by atoms with Crippen LogP contribution >= 0.6 is 0 Å². The molecule has 0 fully saturated rings. The van der Waals surface area contributed by atoms with Gasteiger partial charge in [0.2, 0.25) is 0 Å². The number of unbranched alkanes of at least 4 members (excludes halogenated alkanes) is 8. The molecule has 198 valence electrons. The Morgan fingerprint density at radius 3 is 2.26 bits per heavy atom. The minimum Gasteiger partial charge on any atom is -0.481 e. The van der Waals surface area contributed by atoms with E-state index in [4.69, 9.17) is 4.74 Å². The van der Waals surface area contributed by atoms with Crippen LogP contribution in [0.5, 0.6) is 0 Å². The first-order valence-electron chi connectivity index (χ1n) is 13.6. The number of carboxylic acid groups (broad SMARTS) is 1. The normalized spacial score (nSPS) is 13.5. The van der Waals surface area contributed by atoms with Gasteiger partial charge >= 0.3 is 11.9 Å². The maximum Gasteiger partial charge on any atom is 0.306 e. The molecule has 1 N–H and O–H groups in total. The molecule has 0 amide bonds. The van der Waals surface area contributed by atoms with E-state index in [-0.39, 0.29) is 18.5 Å². The molecular weight excluding hydrogens is 440 g/mol. The number of hydrogen-bond donors (Lipinski definition) is 1. The van der Waals surface area contributed by atoms with E-state index in [2.05, 4.69) is 36.2 Å². The van der Waals surface area contributed by atoms with Crippen LogP contribution in [0.15, 0.2) is 36.8 Å². The molecule has 0 spiro atoms. The minimum absolute atomic E-state index is 0.134. The molecule has 1 rings (SSSR count). The molecule has 0 radical (unpaired) electrons. The third-order valence-electron chi connectivity index (χ3n) is 6.50. The highest BCUT2D eigenvalue weighted by Gasteiger charge is 2.28. The first-order chi connectivity index (χ1) is 17.0. The SMILES string of the molecule is CCCCC/C=C\C/C=C\CCCCCCCC(=O)OC[C@H](Cc1cncn1C)[C@H](CC)C(=O)O. The number of ether oxygens (including phenoxy) is 1. The van der Waals surface area contributed by atoms with E-state index < -0.39 is 11.9 Å². The number of rotatable bonds is 21. The molecule has 35 heavy (non-hydrogen) atoms. The van der Waals surface area contributed by atoms with Gasteiger partial charge in [0, 0.05) is 31.3 Å². The second-order valence-corrected chi connectivity index (χ2v) is 9.48. The van der Waals surface area contributed by atoms with E-state index in [1.165, 1.54) is 38.5 Å². The van der Waals surface area contributed by atoms with Gasteiger partial charge in [-0.1, -0.05) is 70.3 Å². The first kappa shape index (κ1) is 30.7. The molecule has 0 saturated carbocycles. The summed E-state index contributed by atoms with van der Waals surface area (Å²) in [6, 6.07) is 0. The van der Waals surface area contributed by atoms with Crippen LogP contribution in [0, 0.1) is 11.8 Å². The van der Waals surface area contributed by atoms with Gasteiger partial charge in [-0.05, 0) is 51.4 Å². The highest BCUT2D eigenvalue weighted by Crippen LogP contribution is 2.22. The zero-order valence-corrected chi connectivity index (χ0v) is 22.3. The number of aliphatic carboxylic acids is 1. The number of allylic oxidation sites excluding steroid dienone is 4. The summed E-state index contributed by atoms with van der Waals surface area (Å²) in [6.45, 7) is 4.23. The number of carbonyl (C=O) groups is 2. The number of carbonyl (C=O) groups excluding carboxylic acids is 1. The number of esters is 1.